The van der Waals surface area contributed by atoms with Gasteiger partial charge in [-0.3, -0.25) is 0 Å². The van der Waals surface area contributed by atoms with E-state index in [9.17, 15) is 14.5 Å². The molecule has 0 saturated carbocycles. The molecule has 1 heterocycles. The second kappa shape index (κ2) is 5.90. The summed E-state index contributed by atoms with van der Waals surface area (Å²) in [6.45, 7) is 0.528. The van der Waals surface area contributed by atoms with Crippen molar-refractivity contribution in [3.8, 4) is 0 Å². The van der Waals surface area contributed by atoms with Crippen molar-refractivity contribution in [2.75, 3.05) is 11.9 Å². The largest absolute Gasteiger partial charge is 0.382 e. The zero-order valence-corrected chi connectivity index (χ0v) is 10.0. The monoisotopic (exact) mass is 261 g/mol. The maximum Gasteiger partial charge on any atom is 0.363 e. The van der Waals surface area contributed by atoms with Gasteiger partial charge in [-0.05, 0) is 34.0 Å². The van der Waals surface area contributed by atoms with Gasteiger partial charge in [0.2, 0.25) is 0 Å². The fourth-order valence-electron chi connectivity index (χ4n) is 1.64. The molecule has 0 aliphatic carbocycles. The zero-order chi connectivity index (χ0) is 13.7. The minimum absolute atomic E-state index is 0.195. The van der Waals surface area contributed by atoms with Crippen molar-refractivity contribution in [2.45, 2.75) is 6.42 Å². The van der Waals surface area contributed by atoms with Crippen LogP contribution in [0.25, 0.3) is 0 Å². The van der Waals surface area contributed by atoms with Gasteiger partial charge < -0.3 is 15.4 Å². The van der Waals surface area contributed by atoms with Gasteiger partial charge in [0, 0.05) is 12.6 Å². The van der Waals surface area contributed by atoms with Gasteiger partial charge in [0.05, 0.1) is 5.69 Å². The average molecular weight is 261 g/mol. The van der Waals surface area contributed by atoms with Crippen molar-refractivity contribution in [1.29, 1.82) is 0 Å². The van der Waals surface area contributed by atoms with Gasteiger partial charge in [-0.1, -0.05) is 18.2 Å². The lowest BCUT2D eigenvalue weighted by Crippen LogP contribution is -2.06. The second-order valence-corrected chi connectivity index (χ2v) is 3.93. The SMILES string of the molecule is O=[N+]([O-])c1ccc(NCCc2ccccc2F)cn1. The molecule has 0 spiro atoms. The maximum atomic E-state index is 13.3. The molecular formula is C13H12FN3O2. The fraction of sp³-hybridized carbons (Fsp3) is 0.154. The molecule has 19 heavy (non-hydrogen) atoms. The standard InChI is InChI=1S/C13H12FN3O2/c14-12-4-2-1-3-10(12)7-8-15-11-5-6-13(16-9-11)17(18)19/h1-6,9,15H,7-8H2. The van der Waals surface area contributed by atoms with Gasteiger partial charge in [0.25, 0.3) is 0 Å². The van der Waals surface area contributed by atoms with Gasteiger partial charge in [0.1, 0.15) is 5.82 Å². The molecule has 0 saturated heterocycles. The van der Waals surface area contributed by atoms with Crippen LogP contribution in [0.3, 0.4) is 0 Å². The first-order chi connectivity index (χ1) is 9.16. The van der Waals surface area contributed by atoms with Crippen LogP contribution in [0.15, 0.2) is 42.6 Å². The van der Waals surface area contributed by atoms with E-state index < -0.39 is 4.92 Å². The smallest absolute Gasteiger partial charge is 0.363 e. The molecule has 6 heteroatoms. The van der Waals surface area contributed by atoms with E-state index in [1.54, 1.807) is 24.3 Å². The lowest BCUT2D eigenvalue weighted by Gasteiger charge is -2.05. The van der Waals surface area contributed by atoms with Gasteiger partial charge >= 0.3 is 5.82 Å². The molecule has 0 atom stereocenters. The predicted octanol–water partition coefficient (Wildman–Crippen LogP) is 2.78. The second-order valence-electron chi connectivity index (χ2n) is 3.93. The van der Waals surface area contributed by atoms with E-state index in [1.807, 2.05) is 0 Å². The van der Waals surface area contributed by atoms with Crippen LogP contribution in [0.5, 0.6) is 0 Å². The maximum absolute atomic E-state index is 13.3. The lowest BCUT2D eigenvalue weighted by atomic mass is 10.1. The van der Waals surface area contributed by atoms with Crippen LogP contribution in [0, 0.1) is 15.9 Å². The number of hydrogen-bond acceptors (Lipinski definition) is 4. The molecule has 5 nitrogen and oxygen atoms in total. The molecule has 2 rings (SSSR count). The minimum atomic E-state index is -0.552. The number of rotatable bonds is 5. The minimum Gasteiger partial charge on any atom is -0.382 e. The van der Waals surface area contributed by atoms with Crippen molar-refractivity contribution in [2.24, 2.45) is 0 Å². The zero-order valence-electron chi connectivity index (χ0n) is 10.0. The first kappa shape index (κ1) is 12.9. The Morgan fingerprint density at radius 3 is 2.68 bits per heavy atom. The number of nitrogens with one attached hydrogen (secondary N) is 1. The molecule has 0 unspecified atom stereocenters. The number of hydrogen-bond donors (Lipinski definition) is 1. The molecule has 1 aromatic carbocycles. The molecule has 2 aromatic rings. The molecular weight excluding hydrogens is 249 g/mol. The molecule has 1 N–H and O–H groups in total. The van der Waals surface area contributed by atoms with Crippen molar-refractivity contribution in [1.82, 2.24) is 4.98 Å². The summed E-state index contributed by atoms with van der Waals surface area (Å²) in [5.74, 6) is -0.425. The predicted molar refractivity (Wildman–Crippen MR) is 69.5 cm³/mol. The summed E-state index contributed by atoms with van der Waals surface area (Å²) >= 11 is 0. The third kappa shape index (κ3) is 3.48. The highest BCUT2D eigenvalue weighted by atomic mass is 19.1. The molecule has 0 radical (unpaired) electrons. The van der Waals surface area contributed by atoms with Crippen LogP contribution in [0.4, 0.5) is 15.9 Å². The van der Waals surface area contributed by atoms with Crippen molar-refractivity contribution in [3.63, 3.8) is 0 Å². The molecule has 98 valence electrons. The quantitative estimate of drug-likeness (QED) is 0.663. The number of aromatic nitrogens is 1. The first-order valence-corrected chi connectivity index (χ1v) is 5.74. The van der Waals surface area contributed by atoms with E-state index >= 15 is 0 Å². The van der Waals surface area contributed by atoms with Crippen LogP contribution in [0.2, 0.25) is 0 Å². The molecule has 0 bridgehead atoms. The number of nitro groups is 1. The summed E-state index contributed by atoms with van der Waals surface area (Å²) in [7, 11) is 0. The van der Waals surface area contributed by atoms with Gasteiger partial charge in [-0.25, -0.2) is 4.39 Å². The Hall–Kier alpha value is -2.50. The van der Waals surface area contributed by atoms with Crippen LogP contribution in [-0.2, 0) is 6.42 Å². The fourth-order valence-corrected chi connectivity index (χ4v) is 1.64. The topological polar surface area (TPSA) is 68.1 Å². The highest BCUT2D eigenvalue weighted by Gasteiger charge is 2.06. The molecule has 0 aliphatic rings. The Bertz CT molecular complexity index is 572. The number of nitrogens with zero attached hydrogens (tertiary/aromatic N) is 2. The van der Waals surface area contributed by atoms with E-state index in [0.29, 0.717) is 24.2 Å². The number of anilines is 1. The lowest BCUT2D eigenvalue weighted by molar-refractivity contribution is -0.389. The van der Waals surface area contributed by atoms with Crippen molar-refractivity contribution in [3.05, 3.63) is 64.1 Å². The number of benzene rings is 1. The third-order valence-electron chi connectivity index (χ3n) is 2.62. The molecule has 1 aromatic heterocycles. The Morgan fingerprint density at radius 2 is 2.05 bits per heavy atom. The molecule has 0 aliphatic heterocycles. The van der Waals surface area contributed by atoms with Gasteiger partial charge in [-0.2, -0.15) is 0 Å². The van der Waals surface area contributed by atoms with E-state index in [2.05, 4.69) is 10.3 Å². The van der Waals surface area contributed by atoms with Crippen molar-refractivity contribution >= 4 is 11.5 Å². The Kier molecular flexibility index (Phi) is 4.02. The molecule has 0 amide bonds. The van der Waals surface area contributed by atoms with Crippen LogP contribution < -0.4 is 5.32 Å². The highest BCUT2D eigenvalue weighted by Crippen LogP contribution is 2.12. The van der Waals surface area contributed by atoms with E-state index in [0.717, 1.165) is 0 Å². The van der Waals surface area contributed by atoms with Crippen molar-refractivity contribution < 1.29 is 9.31 Å². The molecule has 0 fully saturated rings. The summed E-state index contributed by atoms with van der Waals surface area (Å²) in [5, 5.41) is 13.5. The van der Waals surface area contributed by atoms with Crippen LogP contribution in [0.1, 0.15) is 5.56 Å². The van der Waals surface area contributed by atoms with Gasteiger partial charge in [-0.15, -0.1) is 0 Å². The summed E-state index contributed by atoms with van der Waals surface area (Å²) in [6, 6.07) is 9.48. The van der Waals surface area contributed by atoms with E-state index in [1.165, 1.54) is 18.3 Å². The number of pyridine rings is 1. The average Bonchev–Trinajstić information content (AvgIpc) is 2.41. The summed E-state index contributed by atoms with van der Waals surface area (Å²) in [4.78, 5) is 13.6. The van der Waals surface area contributed by atoms with Crippen LogP contribution >= 0.6 is 0 Å². The Morgan fingerprint density at radius 1 is 1.26 bits per heavy atom. The van der Waals surface area contributed by atoms with Crippen LogP contribution in [-0.4, -0.2) is 16.5 Å². The third-order valence-corrected chi connectivity index (χ3v) is 2.62. The van der Waals surface area contributed by atoms with E-state index in [4.69, 9.17) is 0 Å². The first-order valence-electron chi connectivity index (χ1n) is 5.74. The summed E-state index contributed by atoms with van der Waals surface area (Å²) in [5.41, 5.74) is 1.30. The highest BCUT2D eigenvalue weighted by molar-refractivity contribution is 5.43. The Balaban J connectivity index is 1.89. The normalized spacial score (nSPS) is 10.2. The van der Waals surface area contributed by atoms with Gasteiger partial charge in [0.15, 0.2) is 6.20 Å². The van der Waals surface area contributed by atoms with E-state index in [-0.39, 0.29) is 11.6 Å². The number of halogens is 1. The Labute approximate surface area is 109 Å². The summed E-state index contributed by atoms with van der Waals surface area (Å²) in [6.07, 6.45) is 1.92. The summed E-state index contributed by atoms with van der Waals surface area (Å²) < 4.78 is 13.3.